The van der Waals surface area contributed by atoms with E-state index in [0.717, 1.165) is 6.54 Å². The lowest BCUT2D eigenvalue weighted by atomic mass is 10.3. The van der Waals surface area contributed by atoms with Crippen molar-refractivity contribution in [3.63, 3.8) is 0 Å². The molecule has 0 aliphatic carbocycles. The fourth-order valence-electron chi connectivity index (χ4n) is 0.204. The fraction of sp³-hybridized carbons (Fsp3) is 1.00. The van der Waals surface area contributed by atoms with E-state index in [1.807, 2.05) is 0 Å². The molecule has 0 unspecified atom stereocenters. The smallest absolute Gasteiger partial charge is 0.00774 e. The van der Waals surface area contributed by atoms with Gasteiger partial charge in [-0.1, -0.05) is 20.8 Å². The summed E-state index contributed by atoms with van der Waals surface area (Å²) < 4.78 is 0. The summed E-state index contributed by atoms with van der Waals surface area (Å²) in [5.74, 6) is 0. The number of nitrogens with two attached hydrogens (primary N) is 2. The molecule has 0 aliphatic heterocycles. The second-order valence-electron chi connectivity index (χ2n) is 1.14. The molecular formula is C6H20N2. The van der Waals surface area contributed by atoms with Crippen molar-refractivity contribution >= 4 is 0 Å². The van der Waals surface area contributed by atoms with E-state index in [4.69, 9.17) is 5.73 Å². The summed E-state index contributed by atoms with van der Waals surface area (Å²) in [5.41, 5.74) is 9.64. The molecule has 0 spiro atoms. The summed E-state index contributed by atoms with van der Waals surface area (Å²) in [6.45, 7) is 2.98. The largest absolute Gasteiger partial charge is 0.333 e. The maximum atomic E-state index is 5.14. The first-order valence-corrected chi connectivity index (χ1v) is 2.69. The van der Waals surface area contributed by atoms with Crippen molar-refractivity contribution in [3.05, 3.63) is 0 Å². The Labute approximate surface area is 53.3 Å². The Morgan fingerprint density at radius 2 is 1.62 bits per heavy atom. The third-order valence-corrected chi connectivity index (χ3v) is 0.558. The molecular weight excluding hydrogens is 100 g/mol. The molecule has 2 heteroatoms. The molecule has 0 aromatic heterocycles. The van der Waals surface area contributed by atoms with Crippen molar-refractivity contribution in [2.45, 2.75) is 27.2 Å². The second kappa shape index (κ2) is 28.4. The van der Waals surface area contributed by atoms with Crippen LogP contribution in [-0.4, -0.2) is 13.6 Å². The van der Waals surface area contributed by atoms with Gasteiger partial charge in [0.15, 0.2) is 0 Å². The monoisotopic (exact) mass is 120 g/mol. The van der Waals surface area contributed by atoms with Crippen LogP contribution in [0.25, 0.3) is 0 Å². The Morgan fingerprint density at radius 3 is 1.62 bits per heavy atom. The first kappa shape index (κ1) is 15.7. The second-order valence-corrected chi connectivity index (χ2v) is 1.14. The molecule has 0 amide bonds. The molecule has 4 N–H and O–H groups in total. The Balaban J connectivity index is -0.0000000750. The van der Waals surface area contributed by atoms with Gasteiger partial charge < -0.3 is 11.5 Å². The topological polar surface area (TPSA) is 52.0 Å². The van der Waals surface area contributed by atoms with Crippen LogP contribution in [0.15, 0.2) is 0 Å². The minimum atomic E-state index is 0. The zero-order chi connectivity index (χ0) is 6.12. The van der Waals surface area contributed by atoms with Crippen molar-refractivity contribution in [2.75, 3.05) is 13.6 Å². The van der Waals surface area contributed by atoms with Crippen molar-refractivity contribution in [2.24, 2.45) is 11.5 Å². The SMILES string of the molecule is C.CCCCN.CN. The highest BCUT2D eigenvalue weighted by molar-refractivity contribution is 4.29. The minimum absolute atomic E-state index is 0. The molecule has 0 atom stereocenters. The minimum Gasteiger partial charge on any atom is -0.333 e. The number of rotatable bonds is 2. The highest BCUT2D eigenvalue weighted by Crippen LogP contribution is 1.77. The molecule has 0 saturated carbocycles. The van der Waals surface area contributed by atoms with E-state index < -0.39 is 0 Å². The maximum Gasteiger partial charge on any atom is -0.00774 e. The van der Waals surface area contributed by atoms with E-state index >= 15 is 0 Å². The highest BCUT2D eigenvalue weighted by atomic mass is 14.5. The van der Waals surface area contributed by atoms with Gasteiger partial charge in [0.05, 0.1) is 0 Å². The van der Waals surface area contributed by atoms with E-state index in [1.165, 1.54) is 19.9 Å². The van der Waals surface area contributed by atoms with Gasteiger partial charge in [-0.05, 0) is 20.0 Å². The first-order chi connectivity index (χ1) is 3.41. The molecule has 0 aliphatic rings. The molecule has 0 heterocycles. The Kier molecular flexibility index (Phi) is 55.7. The normalized spacial score (nSPS) is 6.00. The van der Waals surface area contributed by atoms with Gasteiger partial charge >= 0.3 is 0 Å². The van der Waals surface area contributed by atoms with Gasteiger partial charge in [-0.3, -0.25) is 0 Å². The van der Waals surface area contributed by atoms with Gasteiger partial charge in [0.25, 0.3) is 0 Å². The quantitative estimate of drug-likeness (QED) is 0.570. The summed E-state index contributed by atoms with van der Waals surface area (Å²) in [7, 11) is 1.50. The van der Waals surface area contributed by atoms with Gasteiger partial charge in [-0.2, -0.15) is 0 Å². The third kappa shape index (κ3) is 38.9. The summed E-state index contributed by atoms with van der Waals surface area (Å²) in [4.78, 5) is 0. The van der Waals surface area contributed by atoms with Crippen LogP contribution in [-0.2, 0) is 0 Å². The van der Waals surface area contributed by atoms with Crippen LogP contribution in [0.3, 0.4) is 0 Å². The molecule has 0 radical (unpaired) electrons. The molecule has 54 valence electrons. The molecule has 2 nitrogen and oxygen atoms in total. The van der Waals surface area contributed by atoms with Crippen molar-refractivity contribution in [1.29, 1.82) is 0 Å². The Hall–Kier alpha value is -0.0800. The van der Waals surface area contributed by atoms with Crippen LogP contribution >= 0.6 is 0 Å². The van der Waals surface area contributed by atoms with Crippen LogP contribution in [0.5, 0.6) is 0 Å². The molecule has 0 rings (SSSR count). The molecule has 0 aromatic rings. The van der Waals surface area contributed by atoms with E-state index in [9.17, 15) is 0 Å². The average molecular weight is 120 g/mol. The Morgan fingerprint density at radius 1 is 1.25 bits per heavy atom. The maximum absolute atomic E-state index is 5.14. The van der Waals surface area contributed by atoms with Gasteiger partial charge in [-0.15, -0.1) is 0 Å². The van der Waals surface area contributed by atoms with E-state index in [0.29, 0.717) is 0 Å². The van der Waals surface area contributed by atoms with Crippen molar-refractivity contribution < 1.29 is 0 Å². The number of unbranched alkanes of at least 4 members (excludes halogenated alkanes) is 1. The highest BCUT2D eigenvalue weighted by Gasteiger charge is 1.67. The van der Waals surface area contributed by atoms with E-state index in [1.54, 1.807) is 0 Å². The lowest BCUT2D eigenvalue weighted by molar-refractivity contribution is 0.807. The molecule has 0 aromatic carbocycles. The average Bonchev–Trinajstić information content (AvgIpc) is 1.75. The summed E-state index contributed by atoms with van der Waals surface area (Å²) >= 11 is 0. The van der Waals surface area contributed by atoms with Crippen LogP contribution in [0.1, 0.15) is 27.2 Å². The van der Waals surface area contributed by atoms with Gasteiger partial charge in [0, 0.05) is 0 Å². The van der Waals surface area contributed by atoms with Crippen molar-refractivity contribution in [1.82, 2.24) is 0 Å². The zero-order valence-electron chi connectivity index (χ0n) is 5.28. The first-order valence-electron chi connectivity index (χ1n) is 2.69. The lowest BCUT2D eigenvalue weighted by Gasteiger charge is -1.80. The van der Waals surface area contributed by atoms with E-state index in [2.05, 4.69) is 12.7 Å². The van der Waals surface area contributed by atoms with Crippen molar-refractivity contribution in [3.8, 4) is 0 Å². The molecule has 0 fully saturated rings. The van der Waals surface area contributed by atoms with Gasteiger partial charge in [0.2, 0.25) is 0 Å². The van der Waals surface area contributed by atoms with Crippen LogP contribution in [0.2, 0.25) is 0 Å². The zero-order valence-corrected chi connectivity index (χ0v) is 5.28. The molecule has 0 bridgehead atoms. The third-order valence-electron chi connectivity index (χ3n) is 0.558. The predicted molar refractivity (Wildman–Crippen MR) is 40.8 cm³/mol. The fourth-order valence-corrected chi connectivity index (χ4v) is 0.204. The molecule has 0 saturated heterocycles. The summed E-state index contributed by atoms with van der Waals surface area (Å²) in [5, 5.41) is 0. The van der Waals surface area contributed by atoms with E-state index in [-0.39, 0.29) is 7.43 Å². The summed E-state index contributed by atoms with van der Waals surface area (Å²) in [6, 6.07) is 0. The van der Waals surface area contributed by atoms with Gasteiger partial charge in [0.1, 0.15) is 0 Å². The number of hydrogen-bond donors (Lipinski definition) is 2. The van der Waals surface area contributed by atoms with Gasteiger partial charge in [-0.25, -0.2) is 0 Å². The standard InChI is InChI=1S/C4H11N.CH5N.CH4/c1-2-3-4-5;1-2;/h2-5H2,1H3;2H2,1H3;1H4. The van der Waals surface area contributed by atoms with Crippen LogP contribution < -0.4 is 11.5 Å². The lowest BCUT2D eigenvalue weighted by Crippen LogP contribution is -1.95. The Bertz CT molecular complexity index is 14.0. The van der Waals surface area contributed by atoms with Crippen LogP contribution in [0, 0.1) is 0 Å². The summed E-state index contributed by atoms with van der Waals surface area (Å²) in [6.07, 6.45) is 2.39. The van der Waals surface area contributed by atoms with Crippen LogP contribution in [0.4, 0.5) is 0 Å². The predicted octanol–water partition coefficient (Wildman–Crippen LogP) is 0.956. The number of hydrogen-bond acceptors (Lipinski definition) is 2. The molecule has 8 heavy (non-hydrogen) atoms.